The molecule has 0 amide bonds. The molecule has 0 saturated heterocycles. The highest BCUT2D eigenvalue weighted by molar-refractivity contribution is 5.19. The van der Waals surface area contributed by atoms with Crippen LogP contribution in [0.4, 0.5) is 0 Å². The molecule has 52 valence electrons. The molecule has 2 N–H and O–H groups in total. The molecule has 0 aromatic rings. The Bertz CT molecular complexity index is 132. The third-order valence-electron chi connectivity index (χ3n) is 1.19. The number of hydrogen-bond donors (Lipinski definition) is 1. The molecule has 0 spiro atoms. The standard InChI is InChI=1S/C7H13NO/c1-6(2)7(3)4-5-9-8/h4-5H,8H2,1-3H3/b5-4-. The van der Waals surface area contributed by atoms with Crippen molar-refractivity contribution in [1.82, 2.24) is 0 Å². The summed E-state index contributed by atoms with van der Waals surface area (Å²) in [4.78, 5) is 4.25. The Hall–Kier alpha value is -0.760. The number of allylic oxidation sites excluding steroid dienone is 3. The van der Waals surface area contributed by atoms with Gasteiger partial charge in [-0.15, -0.1) is 0 Å². The summed E-state index contributed by atoms with van der Waals surface area (Å²) in [6.45, 7) is 6.08. The Kier molecular flexibility index (Phi) is 3.80. The second-order valence-corrected chi connectivity index (χ2v) is 2.12. The van der Waals surface area contributed by atoms with E-state index in [-0.39, 0.29) is 0 Å². The summed E-state index contributed by atoms with van der Waals surface area (Å²) < 4.78 is 0. The molecule has 0 aliphatic rings. The Morgan fingerprint density at radius 2 is 1.89 bits per heavy atom. The second kappa shape index (κ2) is 4.15. The van der Waals surface area contributed by atoms with Crippen molar-refractivity contribution in [2.75, 3.05) is 0 Å². The van der Waals surface area contributed by atoms with Crippen LogP contribution >= 0.6 is 0 Å². The Labute approximate surface area is 56.0 Å². The first-order chi connectivity index (χ1) is 4.18. The van der Waals surface area contributed by atoms with Crippen LogP contribution < -0.4 is 5.90 Å². The lowest BCUT2D eigenvalue weighted by atomic mass is 10.2. The molecule has 0 aromatic carbocycles. The topological polar surface area (TPSA) is 35.2 Å². The van der Waals surface area contributed by atoms with Crippen molar-refractivity contribution in [3.63, 3.8) is 0 Å². The average molecular weight is 127 g/mol. The fraction of sp³-hybridized carbons (Fsp3) is 0.429. The van der Waals surface area contributed by atoms with E-state index in [0.717, 1.165) is 0 Å². The molecule has 0 aromatic heterocycles. The molecular weight excluding hydrogens is 114 g/mol. The van der Waals surface area contributed by atoms with Crippen LogP contribution in [0.2, 0.25) is 0 Å². The van der Waals surface area contributed by atoms with E-state index in [1.165, 1.54) is 17.4 Å². The SMILES string of the molecule is CC(C)=C(C)/C=C\ON. The molecule has 2 nitrogen and oxygen atoms in total. The highest BCUT2D eigenvalue weighted by Gasteiger charge is 1.82. The molecule has 0 atom stereocenters. The first kappa shape index (κ1) is 8.24. The van der Waals surface area contributed by atoms with Crippen molar-refractivity contribution in [2.24, 2.45) is 5.90 Å². The van der Waals surface area contributed by atoms with Gasteiger partial charge in [0.2, 0.25) is 0 Å². The van der Waals surface area contributed by atoms with Crippen molar-refractivity contribution in [1.29, 1.82) is 0 Å². The van der Waals surface area contributed by atoms with Gasteiger partial charge in [0.1, 0.15) is 6.26 Å². The van der Waals surface area contributed by atoms with Crippen molar-refractivity contribution in [3.05, 3.63) is 23.5 Å². The fourth-order valence-electron chi connectivity index (χ4n) is 0.308. The van der Waals surface area contributed by atoms with Gasteiger partial charge in [-0.1, -0.05) is 5.57 Å². The molecule has 0 aliphatic carbocycles. The maximum absolute atomic E-state index is 4.77. The van der Waals surface area contributed by atoms with Gasteiger partial charge in [0, 0.05) is 0 Å². The van der Waals surface area contributed by atoms with E-state index in [4.69, 9.17) is 5.90 Å². The zero-order valence-electron chi connectivity index (χ0n) is 6.14. The minimum absolute atomic E-state index is 1.18. The van der Waals surface area contributed by atoms with Gasteiger partial charge in [0.15, 0.2) is 0 Å². The van der Waals surface area contributed by atoms with Crippen molar-refractivity contribution < 1.29 is 4.84 Å². The van der Waals surface area contributed by atoms with Crippen LogP contribution in [-0.4, -0.2) is 0 Å². The van der Waals surface area contributed by atoms with Crippen LogP contribution in [0.3, 0.4) is 0 Å². The van der Waals surface area contributed by atoms with Crippen LogP contribution in [0.25, 0.3) is 0 Å². The van der Waals surface area contributed by atoms with Crippen LogP contribution in [0.1, 0.15) is 20.8 Å². The van der Waals surface area contributed by atoms with Crippen molar-refractivity contribution in [2.45, 2.75) is 20.8 Å². The monoisotopic (exact) mass is 127 g/mol. The summed E-state index contributed by atoms with van der Waals surface area (Å²) in [6, 6.07) is 0. The smallest absolute Gasteiger partial charge is 0.111 e. The van der Waals surface area contributed by atoms with E-state index in [9.17, 15) is 0 Å². The Morgan fingerprint density at radius 3 is 2.22 bits per heavy atom. The third kappa shape index (κ3) is 3.79. The average Bonchev–Trinajstić information content (AvgIpc) is 1.82. The van der Waals surface area contributed by atoms with Crippen LogP contribution in [0.15, 0.2) is 23.5 Å². The minimum Gasteiger partial charge on any atom is -0.419 e. The maximum atomic E-state index is 4.77. The summed E-state index contributed by atoms with van der Waals surface area (Å²) in [5, 5.41) is 0. The molecule has 0 aliphatic heterocycles. The lowest BCUT2D eigenvalue weighted by Gasteiger charge is -1.93. The van der Waals surface area contributed by atoms with Gasteiger partial charge in [-0.05, 0) is 32.4 Å². The largest absolute Gasteiger partial charge is 0.419 e. The van der Waals surface area contributed by atoms with Gasteiger partial charge in [-0.25, -0.2) is 0 Å². The summed E-state index contributed by atoms with van der Waals surface area (Å²) in [5.74, 6) is 4.77. The van der Waals surface area contributed by atoms with E-state index >= 15 is 0 Å². The predicted molar refractivity (Wildman–Crippen MR) is 38.5 cm³/mol. The normalized spacial score (nSPS) is 9.78. The maximum Gasteiger partial charge on any atom is 0.111 e. The zero-order valence-corrected chi connectivity index (χ0v) is 6.14. The van der Waals surface area contributed by atoms with E-state index in [2.05, 4.69) is 4.84 Å². The highest BCUT2D eigenvalue weighted by atomic mass is 16.6. The first-order valence-electron chi connectivity index (χ1n) is 2.84. The van der Waals surface area contributed by atoms with Crippen molar-refractivity contribution in [3.8, 4) is 0 Å². The van der Waals surface area contributed by atoms with Gasteiger partial charge in [0.25, 0.3) is 0 Å². The summed E-state index contributed by atoms with van der Waals surface area (Å²) >= 11 is 0. The van der Waals surface area contributed by atoms with E-state index < -0.39 is 0 Å². The molecule has 0 rings (SSSR count). The van der Waals surface area contributed by atoms with Crippen molar-refractivity contribution >= 4 is 0 Å². The summed E-state index contributed by atoms with van der Waals surface area (Å²) in [5.41, 5.74) is 2.45. The number of rotatable bonds is 2. The molecule has 2 heteroatoms. The van der Waals surface area contributed by atoms with Gasteiger partial charge >= 0.3 is 0 Å². The third-order valence-corrected chi connectivity index (χ3v) is 1.19. The quantitative estimate of drug-likeness (QED) is 0.348. The lowest BCUT2D eigenvalue weighted by Crippen LogP contribution is -1.87. The predicted octanol–water partition coefficient (Wildman–Crippen LogP) is 1.75. The highest BCUT2D eigenvalue weighted by Crippen LogP contribution is 2.01. The summed E-state index contributed by atoms with van der Waals surface area (Å²) in [6.07, 6.45) is 3.29. The molecule has 0 saturated carbocycles. The van der Waals surface area contributed by atoms with E-state index in [1.54, 1.807) is 0 Å². The fourth-order valence-corrected chi connectivity index (χ4v) is 0.308. The molecule has 9 heavy (non-hydrogen) atoms. The van der Waals surface area contributed by atoms with Crippen LogP contribution in [-0.2, 0) is 4.84 Å². The number of hydrogen-bond acceptors (Lipinski definition) is 2. The minimum atomic E-state index is 1.18. The Morgan fingerprint density at radius 1 is 1.33 bits per heavy atom. The molecule has 0 fully saturated rings. The van der Waals surface area contributed by atoms with Gasteiger partial charge < -0.3 is 4.84 Å². The number of nitrogens with two attached hydrogens (primary N) is 1. The van der Waals surface area contributed by atoms with E-state index in [0.29, 0.717) is 0 Å². The first-order valence-corrected chi connectivity index (χ1v) is 2.84. The zero-order chi connectivity index (χ0) is 7.28. The van der Waals surface area contributed by atoms with Gasteiger partial charge in [-0.3, -0.25) is 0 Å². The molecule has 0 bridgehead atoms. The lowest BCUT2D eigenvalue weighted by molar-refractivity contribution is 0.261. The molecular formula is C7H13NO. The van der Waals surface area contributed by atoms with Crippen LogP contribution in [0.5, 0.6) is 0 Å². The second-order valence-electron chi connectivity index (χ2n) is 2.12. The summed E-state index contributed by atoms with van der Waals surface area (Å²) in [7, 11) is 0. The molecule has 0 radical (unpaired) electrons. The molecule has 0 heterocycles. The van der Waals surface area contributed by atoms with E-state index in [1.807, 2.05) is 26.8 Å². The van der Waals surface area contributed by atoms with Crippen LogP contribution in [0, 0.1) is 0 Å². The van der Waals surface area contributed by atoms with Gasteiger partial charge in [0.05, 0.1) is 0 Å². The molecule has 0 unspecified atom stereocenters. The Balaban J connectivity index is 3.91. The van der Waals surface area contributed by atoms with Gasteiger partial charge in [-0.2, -0.15) is 5.90 Å².